The zero-order chi connectivity index (χ0) is 17.2. The average Bonchev–Trinajstić information content (AvgIpc) is 3.09. The molecule has 1 amide bonds. The fourth-order valence-corrected chi connectivity index (χ4v) is 7.57. The number of anilines is 2. The Bertz CT molecular complexity index is 895. The van der Waals surface area contributed by atoms with Gasteiger partial charge in [0.1, 0.15) is 0 Å². The lowest BCUT2D eigenvalue weighted by Crippen LogP contribution is -2.69. The summed E-state index contributed by atoms with van der Waals surface area (Å²) in [6.45, 7) is 2.88. The second-order valence-corrected chi connectivity index (χ2v) is 9.04. The van der Waals surface area contributed by atoms with Crippen LogP contribution in [0.2, 0.25) is 0 Å². The van der Waals surface area contributed by atoms with Gasteiger partial charge in [0.15, 0.2) is 0 Å². The molecule has 0 aromatic heterocycles. The van der Waals surface area contributed by atoms with Crippen LogP contribution in [-0.4, -0.2) is 48.7 Å². The fraction of sp³-hybridized carbons (Fsp3) is 0.571. The molecule has 6 atom stereocenters. The molecular weight excluding hydrogens is 326 g/mol. The SMILES string of the molecule is Nc1ccc2c(c1)[C@]13CCN4CC5=CCO[C@@H]6CC(=O)N2[C@H]1[C@@H]6[C@H]5C[C@H]43. The molecule has 4 fully saturated rings. The van der Waals surface area contributed by atoms with Crippen LogP contribution in [-0.2, 0) is 14.9 Å². The molecule has 1 saturated carbocycles. The van der Waals surface area contributed by atoms with Gasteiger partial charge in [0.05, 0.1) is 25.2 Å². The highest BCUT2D eigenvalue weighted by Gasteiger charge is 2.70. The molecule has 5 heteroatoms. The minimum atomic E-state index is 0.0411. The molecule has 1 aliphatic carbocycles. The Kier molecular flexibility index (Phi) is 2.38. The number of benzene rings is 1. The van der Waals surface area contributed by atoms with Crippen LogP contribution in [0, 0.1) is 11.8 Å². The van der Waals surface area contributed by atoms with Crippen LogP contribution in [0.5, 0.6) is 0 Å². The number of ether oxygens (including phenoxy) is 1. The number of nitrogens with zero attached hydrogens (tertiary/aromatic N) is 2. The minimum absolute atomic E-state index is 0.0411. The quantitative estimate of drug-likeness (QED) is 0.572. The summed E-state index contributed by atoms with van der Waals surface area (Å²) in [6, 6.07) is 6.99. The van der Waals surface area contributed by atoms with Gasteiger partial charge in [-0.15, -0.1) is 0 Å². The van der Waals surface area contributed by atoms with Crippen molar-refractivity contribution in [2.24, 2.45) is 11.8 Å². The van der Waals surface area contributed by atoms with E-state index in [-0.39, 0.29) is 23.5 Å². The molecule has 5 aliphatic heterocycles. The molecule has 3 saturated heterocycles. The highest BCUT2D eigenvalue weighted by molar-refractivity contribution is 5.99. The van der Waals surface area contributed by atoms with Crippen LogP contribution in [0.25, 0.3) is 0 Å². The van der Waals surface area contributed by atoms with Crippen LogP contribution in [0.3, 0.4) is 0 Å². The standard InChI is InChI=1S/C21H23N3O2/c22-12-1-2-15-14(7-12)21-4-5-23-10-11-3-6-26-16-9-18(25)24(15)20(21)19(16)13(11)8-17(21)23/h1-3,7,13,16-17,19-20H,4-6,8-10,22H2/t13-,16+,17-,19+,20-,21-/m0/s1. The molecule has 5 heterocycles. The summed E-state index contributed by atoms with van der Waals surface area (Å²) in [7, 11) is 0. The summed E-state index contributed by atoms with van der Waals surface area (Å²) in [5.41, 5.74) is 11.1. The van der Waals surface area contributed by atoms with E-state index in [0.29, 0.717) is 30.9 Å². The second kappa shape index (κ2) is 4.34. The number of nitrogen functional groups attached to an aromatic ring is 1. The van der Waals surface area contributed by atoms with Gasteiger partial charge in [-0.25, -0.2) is 0 Å². The zero-order valence-electron chi connectivity index (χ0n) is 14.7. The maximum absolute atomic E-state index is 13.2. The third-order valence-corrected chi connectivity index (χ3v) is 8.33. The number of piperidine rings is 2. The number of nitrogens with two attached hydrogens (primary N) is 1. The summed E-state index contributed by atoms with van der Waals surface area (Å²) >= 11 is 0. The monoisotopic (exact) mass is 349 g/mol. The Morgan fingerprint density at radius 3 is 3.15 bits per heavy atom. The Hall–Kier alpha value is -1.85. The highest BCUT2D eigenvalue weighted by atomic mass is 16.5. The first-order valence-electron chi connectivity index (χ1n) is 9.95. The lowest BCUT2D eigenvalue weighted by molar-refractivity contribution is -0.132. The van der Waals surface area contributed by atoms with E-state index < -0.39 is 0 Å². The zero-order valence-corrected chi connectivity index (χ0v) is 14.7. The van der Waals surface area contributed by atoms with E-state index in [1.54, 1.807) is 5.57 Å². The van der Waals surface area contributed by atoms with E-state index >= 15 is 0 Å². The Labute approximate surface area is 152 Å². The number of amides is 1. The molecule has 26 heavy (non-hydrogen) atoms. The van der Waals surface area contributed by atoms with Crippen molar-refractivity contribution in [1.82, 2.24) is 4.90 Å². The molecule has 1 spiro atoms. The van der Waals surface area contributed by atoms with Crippen molar-refractivity contribution in [3.8, 4) is 0 Å². The molecule has 0 unspecified atom stereocenters. The Morgan fingerprint density at radius 2 is 2.23 bits per heavy atom. The molecule has 1 aromatic carbocycles. The topological polar surface area (TPSA) is 58.8 Å². The first-order chi connectivity index (χ1) is 12.7. The van der Waals surface area contributed by atoms with Crippen LogP contribution < -0.4 is 10.6 Å². The van der Waals surface area contributed by atoms with Gasteiger partial charge in [-0.3, -0.25) is 9.69 Å². The first-order valence-corrected chi connectivity index (χ1v) is 9.95. The van der Waals surface area contributed by atoms with Crippen molar-refractivity contribution in [1.29, 1.82) is 0 Å². The molecular formula is C21H23N3O2. The van der Waals surface area contributed by atoms with Gasteiger partial charge in [-0.05, 0) is 49.1 Å². The lowest BCUT2D eigenvalue weighted by atomic mass is 9.53. The molecule has 6 aliphatic rings. The van der Waals surface area contributed by atoms with Gasteiger partial charge in [0.2, 0.25) is 5.91 Å². The number of carbonyl (C=O) groups is 1. The Balaban J connectivity index is 1.55. The number of carbonyl (C=O) groups excluding carboxylic acids is 1. The van der Waals surface area contributed by atoms with Crippen molar-refractivity contribution in [2.45, 2.75) is 42.9 Å². The maximum atomic E-state index is 13.2. The maximum Gasteiger partial charge on any atom is 0.229 e. The van der Waals surface area contributed by atoms with E-state index in [2.05, 4.69) is 28.0 Å². The molecule has 5 nitrogen and oxygen atoms in total. The first kappa shape index (κ1) is 14.2. The van der Waals surface area contributed by atoms with Crippen LogP contribution >= 0.6 is 0 Å². The van der Waals surface area contributed by atoms with Gasteiger partial charge in [0, 0.05) is 35.3 Å². The molecule has 2 bridgehead atoms. The van der Waals surface area contributed by atoms with Crippen molar-refractivity contribution in [3.63, 3.8) is 0 Å². The van der Waals surface area contributed by atoms with E-state index in [1.165, 1.54) is 12.0 Å². The predicted molar refractivity (Wildman–Crippen MR) is 97.8 cm³/mol. The molecule has 0 radical (unpaired) electrons. The van der Waals surface area contributed by atoms with E-state index in [4.69, 9.17) is 10.5 Å². The highest BCUT2D eigenvalue weighted by Crippen LogP contribution is 2.65. The van der Waals surface area contributed by atoms with Gasteiger partial charge >= 0.3 is 0 Å². The summed E-state index contributed by atoms with van der Waals surface area (Å²) in [5.74, 6) is 1.23. The van der Waals surface area contributed by atoms with Gasteiger partial charge in [-0.1, -0.05) is 11.6 Å². The summed E-state index contributed by atoms with van der Waals surface area (Å²) in [6.07, 6.45) is 5.25. The molecule has 134 valence electrons. The number of hydrogen-bond acceptors (Lipinski definition) is 4. The lowest BCUT2D eigenvalue weighted by Gasteiger charge is -2.58. The van der Waals surface area contributed by atoms with Crippen LogP contribution in [0.15, 0.2) is 29.8 Å². The average molecular weight is 349 g/mol. The number of fused-ring (bicyclic) bond motifs is 2. The number of rotatable bonds is 0. The fourth-order valence-electron chi connectivity index (χ4n) is 7.57. The van der Waals surface area contributed by atoms with Crippen molar-refractivity contribution >= 4 is 17.3 Å². The third-order valence-electron chi connectivity index (χ3n) is 8.33. The van der Waals surface area contributed by atoms with Gasteiger partial charge in [-0.2, -0.15) is 0 Å². The molecule has 1 aromatic rings. The minimum Gasteiger partial charge on any atom is -0.399 e. The van der Waals surface area contributed by atoms with E-state index in [0.717, 1.165) is 30.9 Å². The summed E-state index contributed by atoms with van der Waals surface area (Å²) in [4.78, 5) is 18.1. The number of hydrogen-bond donors (Lipinski definition) is 1. The largest absolute Gasteiger partial charge is 0.399 e. The Morgan fingerprint density at radius 1 is 1.31 bits per heavy atom. The molecule has 7 rings (SSSR count). The van der Waals surface area contributed by atoms with E-state index in [1.807, 2.05) is 6.07 Å². The van der Waals surface area contributed by atoms with E-state index in [9.17, 15) is 4.79 Å². The van der Waals surface area contributed by atoms with Crippen molar-refractivity contribution < 1.29 is 9.53 Å². The van der Waals surface area contributed by atoms with Crippen LogP contribution in [0.1, 0.15) is 24.8 Å². The normalized spacial score (nSPS) is 44.6. The van der Waals surface area contributed by atoms with Crippen LogP contribution in [0.4, 0.5) is 11.4 Å². The second-order valence-electron chi connectivity index (χ2n) is 9.04. The van der Waals surface area contributed by atoms with Crippen molar-refractivity contribution in [2.75, 3.05) is 30.3 Å². The van der Waals surface area contributed by atoms with Crippen molar-refractivity contribution in [3.05, 3.63) is 35.4 Å². The van der Waals surface area contributed by atoms with Gasteiger partial charge < -0.3 is 15.4 Å². The van der Waals surface area contributed by atoms with Gasteiger partial charge in [0.25, 0.3) is 0 Å². The smallest absolute Gasteiger partial charge is 0.229 e. The molecule has 2 N–H and O–H groups in total. The third kappa shape index (κ3) is 1.37. The summed E-state index contributed by atoms with van der Waals surface area (Å²) in [5, 5.41) is 0. The summed E-state index contributed by atoms with van der Waals surface area (Å²) < 4.78 is 6.25. The predicted octanol–water partition coefficient (Wildman–Crippen LogP) is 1.67.